The van der Waals surface area contributed by atoms with E-state index in [1.54, 1.807) is 6.92 Å². The van der Waals surface area contributed by atoms with Crippen molar-refractivity contribution in [1.29, 1.82) is 0 Å². The van der Waals surface area contributed by atoms with Crippen LogP contribution in [0.1, 0.15) is 43.7 Å². The van der Waals surface area contributed by atoms with Gasteiger partial charge in [-0.25, -0.2) is 19.9 Å². The highest BCUT2D eigenvalue weighted by Gasteiger charge is 2.34. The van der Waals surface area contributed by atoms with Gasteiger partial charge in [-0.1, -0.05) is 23.2 Å². The van der Waals surface area contributed by atoms with Crippen molar-refractivity contribution in [3.05, 3.63) is 56.1 Å². The molecule has 2 amide bonds. The molecule has 0 bridgehead atoms. The Hall–Kier alpha value is -3.36. The fourth-order valence-electron chi connectivity index (χ4n) is 2.81. The molecular formula is C18H11Cl2F3N8O2S. The Kier molecular flexibility index (Phi) is 6.38. The Morgan fingerprint density at radius 2 is 1.88 bits per heavy atom. The first kappa shape index (κ1) is 23.8. The van der Waals surface area contributed by atoms with Crippen LogP contribution >= 0.6 is 34.5 Å². The zero-order valence-corrected chi connectivity index (χ0v) is 19.1. The van der Waals surface area contributed by atoms with Gasteiger partial charge in [-0.05, 0) is 13.0 Å². The number of alkyl halides is 3. The number of halogens is 5. The van der Waals surface area contributed by atoms with Gasteiger partial charge < -0.3 is 10.6 Å². The maximum atomic E-state index is 13.0. The second-order valence-electron chi connectivity index (χ2n) is 6.72. The van der Waals surface area contributed by atoms with Gasteiger partial charge in [-0.2, -0.15) is 18.3 Å². The van der Waals surface area contributed by atoms with Crippen LogP contribution in [-0.2, 0) is 6.18 Å². The molecule has 0 aliphatic heterocycles. The fraction of sp³-hybridized carbons (Fsp3) is 0.167. The summed E-state index contributed by atoms with van der Waals surface area (Å²) >= 11 is 12.5. The minimum Gasteiger partial charge on any atom is -0.342 e. The molecule has 4 rings (SSSR count). The summed E-state index contributed by atoms with van der Waals surface area (Å²) in [6.45, 7) is 1.63. The molecule has 176 valence electrons. The van der Waals surface area contributed by atoms with E-state index in [4.69, 9.17) is 23.2 Å². The fourth-order valence-corrected chi connectivity index (χ4v) is 4.06. The Morgan fingerprint density at radius 3 is 2.62 bits per heavy atom. The molecule has 3 N–H and O–H groups in total. The molecule has 0 aliphatic rings. The van der Waals surface area contributed by atoms with Gasteiger partial charge in [0, 0.05) is 6.20 Å². The lowest BCUT2D eigenvalue weighted by Gasteiger charge is -2.11. The number of thiazole rings is 1. The van der Waals surface area contributed by atoms with Crippen LogP contribution in [0.5, 0.6) is 0 Å². The minimum absolute atomic E-state index is 0.000552. The number of hydrogen-bond acceptors (Lipinski definition) is 8. The van der Waals surface area contributed by atoms with E-state index in [2.05, 4.69) is 40.8 Å². The van der Waals surface area contributed by atoms with Gasteiger partial charge in [0.25, 0.3) is 11.8 Å². The van der Waals surface area contributed by atoms with Crippen LogP contribution in [0, 0.1) is 0 Å². The number of H-pyrrole nitrogens is 1. The maximum absolute atomic E-state index is 13.0. The first-order valence-corrected chi connectivity index (χ1v) is 10.8. The Bertz CT molecular complexity index is 1410. The van der Waals surface area contributed by atoms with Crippen LogP contribution in [0.15, 0.2) is 24.8 Å². The summed E-state index contributed by atoms with van der Waals surface area (Å²) in [5.41, 5.74) is -0.910. The van der Waals surface area contributed by atoms with E-state index in [1.165, 1.54) is 12.5 Å². The van der Waals surface area contributed by atoms with E-state index in [1.807, 2.05) is 0 Å². The number of fused-ring (bicyclic) bond motifs is 1. The number of anilines is 1. The summed E-state index contributed by atoms with van der Waals surface area (Å²) in [4.78, 5) is 40.9. The SMILES string of the molecule is C[C@@H](NC(=O)c1ncnc2n[nH]c(Cl)c12)c1ncc(C(=O)Nc2cc(C(F)(F)F)c(Cl)cn2)s1. The third-order valence-electron chi connectivity index (χ3n) is 4.39. The van der Waals surface area contributed by atoms with Crippen molar-refractivity contribution in [3.8, 4) is 0 Å². The lowest BCUT2D eigenvalue weighted by Crippen LogP contribution is -2.27. The summed E-state index contributed by atoms with van der Waals surface area (Å²) in [6, 6.07) is -0.00526. The van der Waals surface area contributed by atoms with Gasteiger partial charge in [0.2, 0.25) is 0 Å². The van der Waals surface area contributed by atoms with Crippen molar-refractivity contribution >= 4 is 63.2 Å². The van der Waals surface area contributed by atoms with Crippen LogP contribution in [0.2, 0.25) is 10.2 Å². The molecule has 0 fully saturated rings. The minimum atomic E-state index is -4.71. The van der Waals surface area contributed by atoms with Gasteiger partial charge in [0.15, 0.2) is 5.65 Å². The van der Waals surface area contributed by atoms with E-state index in [-0.39, 0.29) is 32.6 Å². The Balaban J connectivity index is 1.47. The van der Waals surface area contributed by atoms with Crippen molar-refractivity contribution in [1.82, 2.24) is 35.5 Å². The zero-order chi connectivity index (χ0) is 24.6. The maximum Gasteiger partial charge on any atom is 0.418 e. The van der Waals surface area contributed by atoms with Crippen LogP contribution in [0.4, 0.5) is 19.0 Å². The monoisotopic (exact) mass is 530 g/mol. The van der Waals surface area contributed by atoms with E-state index < -0.39 is 34.6 Å². The molecular weight excluding hydrogens is 520 g/mol. The number of nitrogens with one attached hydrogen (secondary N) is 3. The number of aromatic nitrogens is 6. The zero-order valence-electron chi connectivity index (χ0n) is 16.7. The molecule has 0 radical (unpaired) electrons. The average molecular weight is 531 g/mol. The molecule has 0 saturated carbocycles. The third kappa shape index (κ3) is 4.78. The largest absolute Gasteiger partial charge is 0.418 e. The number of carbonyl (C=O) groups excluding carboxylic acids is 2. The predicted molar refractivity (Wildman–Crippen MR) is 117 cm³/mol. The van der Waals surface area contributed by atoms with Crippen molar-refractivity contribution < 1.29 is 22.8 Å². The Labute approximate surface area is 201 Å². The van der Waals surface area contributed by atoms with Gasteiger partial charge in [0.1, 0.15) is 32.9 Å². The number of pyridine rings is 1. The molecule has 0 unspecified atom stereocenters. The van der Waals surface area contributed by atoms with Crippen LogP contribution in [0.3, 0.4) is 0 Å². The van der Waals surface area contributed by atoms with Crippen LogP contribution in [0.25, 0.3) is 11.0 Å². The third-order valence-corrected chi connectivity index (χ3v) is 6.14. The molecule has 0 spiro atoms. The highest BCUT2D eigenvalue weighted by Crippen LogP contribution is 2.35. The number of hydrogen-bond donors (Lipinski definition) is 3. The van der Waals surface area contributed by atoms with Gasteiger partial charge in [-0.3, -0.25) is 14.7 Å². The average Bonchev–Trinajstić information content (AvgIpc) is 3.42. The highest BCUT2D eigenvalue weighted by molar-refractivity contribution is 7.13. The van der Waals surface area contributed by atoms with Crippen molar-refractivity contribution in [2.24, 2.45) is 0 Å². The van der Waals surface area contributed by atoms with E-state index >= 15 is 0 Å². The molecule has 4 heterocycles. The normalized spacial score (nSPS) is 12.5. The predicted octanol–water partition coefficient (Wildman–Crippen LogP) is 4.27. The summed E-state index contributed by atoms with van der Waals surface area (Å²) in [5.74, 6) is -1.63. The number of aromatic amines is 1. The molecule has 0 saturated heterocycles. The first-order valence-electron chi connectivity index (χ1n) is 9.20. The summed E-state index contributed by atoms with van der Waals surface area (Å²) in [7, 11) is 0. The second-order valence-corrected chi connectivity index (χ2v) is 8.57. The molecule has 34 heavy (non-hydrogen) atoms. The molecule has 0 aliphatic carbocycles. The van der Waals surface area contributed by atoms with Crippen molar-refractivity contribution in [2.75, 3.05) is 5.32 Å². The van der Waals surface area contributed by atoms with Crippen LogP contribution in [-0.4, -0.2) is 41.9 Å². The lowest BCUT2D eigenvalue weighted by molar-refractivity contribution is -0.137. The standard InChI is InChI=1S/C18H11Cl2F3N8O2S/c1-6(28-16(33)12-11-13(20)30-31-14(11)27-5-26-12)17-25-4-9(34-17)15(32)29-10-2-7(18(21,22)23)8(19)3-24-10/h2-6H,1H3,(H,28,33)(H,24,29,32)(H,26,27,30,31)/t6-/m1/s1. The summed E-state index contributed by atoms with van der Waals surface area (Å²) in [6.07, 6.45) is -1.51. The highest BCUT2D eigenvalue weighted by atomic mass is 35.5. The first-order chi connectivity index (χ1) is 16.0. The van der Waals surface area contributed by atoms with E-state index in [9.17, 15) is 22.8 Å². The van der Waals surface area contributed by atoms with Gasteiger partial charge in [-0.15, -0.1) is 11.3 Å². The van der Waals surface area contributed by atoms with Gasteiger partial charge >= 0.3 is 6.18 Å². The second kappa shape index (κ2) is 9.12. The molecule has 16 heteroatoms. The molecule has 0 aromatic carbocycles. The quantitative estimate of drug-likeness (QED) is 0.350. The number of rotatable bonds is 5. The van der Waals surface area contributed by atoms with Crippen molar-refractivity contribution in [2.45, 2.75) is 19.1 Å². The molecule has 4 aromatic heterocycles. The van der Waals surface area contributed by atoms with E-state index in [0.717, 1.165) is 17.5 Å². The number of carbonyl (C=O) groups is 2. The van der Waals surface area contributed by atoms with E-state index in [0.29, 0.717) is 11.1 Å². The number of amides is 2. The van der Waals surface area contributed by atoms with Gasteiger partial charge in [0.05, 0.1) is 28.2 Å². The summed E-state index contributed by atoms with van der Waals surface area (Å²) < 4.78 is 39.0. The Morgan fingerprint density at radius 1 is 1.12 bits per heavy atom. The topological polar surface area (TPSA) is 138 Å². The molecule has 1 atom stereocenters. The van der Waals surface area contributed by atoms with Crippen LogP contribution < -0.4 is 10.6 Å². The summed E-state index contributed by atoms with van der Waals surface area (Å²) in [5, 5.41) is 11.5. The molecule has 10 nitrogen and oxygen atoms in total. The lowest BCUT2D eigenvalue weighted by atomic mass is 10.2. The van der Waals surface area contributed by atoms with Crippen molar-refractivity contribution in [3.63, 3.8) is 0 Å². The number of nitrogens with zero attached hydrogens (tertiary/aromatic N) is 5. The molecule has 4 aromatic rings. The smallest absolute Gasteiger partial charge is 0.342 e.